The Kier molecular flexibility index (Phi) is 2.91. The molecule has 1 amide bonds. The minimum absolute atomic E-state index is 0.0473. The minimum Gasteiger partial charge on any atom is -0.348 e. The maximum atomic E-state index is 12.1. The Morgan fingerprint density at radius 3 is 3.28 bits per heavy atom. The zero-order valence-electron chi connectivity index (χ0n) is 10.2. The van der Waals surface area contributed by atoms with Crippen LogP contribution in [0.5, 0.6) is 0 Å². The summed E-state index contributed by atoms with van der Waals surface area (Å²) in [5.41, 5.74) is 2.35. The number of hydrogen-bond acceptors (Lipinski definition) is 3. The van der Waals surface area contributed by atoms with Gasteiger partial charge in [-0.15, -0.1) is 11.3 Å². The standard InChI is InChI=1S/C13H15N3OS/c1-9-6-12(18-8-9)13(17)15-10-3-5-16-11(7-10)2-4-14-16/h2,4,6,8,10H,3,5,7H2,1H3,(H,15,17). The van der Waals surface area contributed by atoms with Gasteiger partial charge in [-0.25, -0.2) is 0 Å². The van der Waals surface area contributed by atoms with Crippen molar-refractivity contribution < 1.29 is 4.79 Å². The molecule has 1 aliphatic rings. The van der Waals surface area contributed by atoms with Crippen LogP contribution in [0.1, 0.15) is 27.3 Å². The summed E-state index contributed by atoms with van der Waals surface area (Å²) in [7, 11) is 0. The monoisotopic (exact) mass is 261 g/mol. The highest BCUT2D eigenvalue weighted by atomic mass is 32.1. The van der Waals surface area contributed by atoms with Crippen LogP contribution < -0.4 is 5.32 Å². The fourth-order valence-electron chi connectivity index (χ4n) is 2.30. The zero-order valence-corrected chi connectivity index (χ0v) is 11.0. The molecule has 3 rings (SSSR count). The van der Waals surface area contributed by atoms with Crippen LogP contribution in [-0.4, -0.2) is 21.7 Å². The van der Waals surface area contributed by atoms with Crippen LogP contribution in [0.15, 0.2) is 23.7 Å². The Morgan fingerprint density at radius 1 is 1.61 bits per heavy atom. The quantitative estimate of drug-likeness (QED) is 0.898. The van der Waals surface area contributed by atoms with Crippen molar-refractivity contribution in [1.82, 2.24) is 15.1 Å². The molecule has 2 aromatic rings. The number of amides is 1. The van der Waals surface area contributed by atoms with Gasteiger partial charge in [-0.2, -0.15) is 5.10 Å². The van der Waals surface area contributed by atoms with Crippen molar-refractivity contribution in [2.45, 2.75) is 32.4 Å². The molecule has 94 valence electrons. The third-order valence-electron chi connectivity index (χ3n) is 3.24. The van der Waals surface area contributed by atoms with E-state index in [0.717, 1.165) is 29.8 Å². The molecular formula is C13H15N3OS. The first-order chi connectivity index (χ1) is 8.72. The van der Waals surface area contributed by atoms with Crippen molar-refractivity contribution >= 4 is 17.2 Å². The number of rotatable bonds is 2. The van der Waals surface area contributed by atoms with E-state index in [1.165, 1.54) is 17.0 Å². The van der Waals surface area contributed by atoms with Gasteiger partial charge in [0.25, 0.3) is 5.91 Å². The van der Waals surface area contributed by atoms with Gasteiger partial charge in [0.05, 0.1) is 4.88 Å². The third-order valence-corrected chi connectivity index (χ3v) is 4.29. The molecular weight excluding hydrogens is 246 g/mol. The molecule has 5 heteroatoms. The van der Waals surface area contributed by atoms with E-state index < -0.39 is 0 Å². The average Bonchev–Trinajstić information content (AvgIpc) is 2.96. The maximum Gasteiger partial charge on any atom is 0.261 e. The lowest BCUT2D eigenvalue weighted by Crippen LogP contribution is -2.39. The van der Waals surface area contributed by atoms with Gasteiger partial charge < -0.3 is 5.32 Å². The molecule has 18 heavy (non-hydrogen) atoms. The Bertz CT molecular complexity index is 572. The summed E-state index contributed by atoms with van der Waals surface area (Å²) in [5.74, 6) is 0.0473. The normalized spacial score (nSPS) is 18.4. The van der Waals surface area contributed by atoms with E-state index in [9.17, 15) is 4.79 Å². The number of nitrogens with zero attached hydrogens (tertiary/aromatic N) is 2. The first-order valence-corrected chi connectivity index (χ1v) is 6.97. The largest absolute Gasteiger partial charge is 0.348 e. The van der Waals surface area contributed by atoms with Gasteiger partial charge >= 0.3 is 0 Å². The molecule has 1 atom stereocenters. The van der Waals surface area contributed by atoms with Crippen LogP contribution >= 0.6 is 11.3 Å². The highest BCUT2D eigenvalue weighted by Gasteiger charge is 2.21. The Hall–Kier alpha value is -1.62. The van der Waals surface area contributed by atoms with E-state index in [4.69, 9.17) is 0 Å². The second-order valence-corrected chi connectivity index (χ2v) is 5.61. The molecule has 0 fully saturated rings. The van der Waals surface area contributed by atoms with Crippen molar-refractivity contribution in [3.05, 3.63) is 39.8 Å². The third kappa shape index (κ3) is 2.18. The van der Waals surface area contributed by atoms with Gasteiger partial charge in [-0.3, -0.25) is 9.48 Å². The van der Waals surface area contributed by atoms with Gasteiger partial charge in [-0.1, -0.05) is 0 Å². The van der Waals surface area contributed by atoms with Gasteiger partial charge in [0, 0.05) is 30.9 Å². The highest BCUT2D eigenvalue weighted by Crippen LogP contribution is 2.17. The molecule has 0 saturated heterocycles. The number of carbonyl (C=O) groups is 1. The summed E-state index contributed by atoms with van der Waals surface area (Å²) >= 11 is 1.50. The smallest absolute Gasteiger partial charge is 0.261 e. The lowest BCUT2D eigenvalue weighted by atomic mass is 10.0. The number of aromatic nitrogens is 2. The Morgan fingerprint density at radius 2 is 2.50 bits per heavy atom. The van der Waals surface area contributed by atoms with Crippen LogP contribution in [-0.2, 0) is 13.0 Å². The van der Waals surface area contributed by atoms with E-state index in [-0.39, 0.29) is 11.9 Å². The fraction of sp³-hybridized carbons (Fsp3) is 0.385. The Balaban J connectivity index is 1.66. The number of fused-ring (bicyclic) bond motifs is 1. The predicted octanol–water partition coefficient (Wildman–Crippen LogP) is 2.00. The van der Waals surface area contributed by atoms with E-state index in [0.29, 0.717) is 0 Å². The summed E-state index contributed by atoms with van der Waals surface area (Å²) in [6.07, 6.45) is 3.64. The zero-order chi connectivity index (χ0) is 12.5. The maximum absolute atomic E-state index is 12.1. The van der Waals surface area contributed by atoms with Crippen LogP contribution in [0, 0.1) is 6.92 Å². The van der Waals surface area contributed by atoms with Crippen LogP contribution in [0.3, 0.4) is 0 Å². The van der Waals surface area contributed by atoms with Gasteiger partial charge in [0.1, 0.15) is 0 Å². The number of carbonyl (C=O) groups excluding carboxylic acids is 1. The molecule has 1 unspecified atom stereocenters. The lowest BCUT2D eigenvalue weighted by Gasteiger charge is -2.24. The fourth-order valence-corrected chi connectivity index (χ4v) is 3.10. The summed E-state index contributed by atoms with van der Waals surface area (Å²) in [6, 6.07) is 4.19. The molecule has 3 heterocycles. The van der Waals surface area contributed by atoms with E-state index in [1.807, 2.05) is 35.3 Å². The van der Waals surface area contributed by atoms with Crippen molar-refractivity contribution in [3.63, 3.8) is 0 Å². The second-order valence-electron chi connectivity index (χ2n) is 4.70. The van der Waals surface area contributed by atoms with Crippen LogP contribution in [0.25, 0.3) is 0 Å². The molecule has 2 aromatic heterocycles. The van der Waals surface area contributed by atoms with Crippen molar-refractivity contribution in [2.75, 3.05) is 0 Å². The molecule has 0 spiro atoms. The van der Waals surface area contributed by atoms with Crippen LogP contribution in [0.2, 0.25) is 0 Å². The number of aryl methyl sites for hydroxylation is 2. The molecule has 1 N–H and O–H groups in total. The molecule has 4 nitrogen and oxygen atoms in total. The summed E-state index contributed by atoms with van der Waals surface area (Å²) in [5, 5.41) is 9.35. The van der Waals surface area contributed by atoms with Crippen molar-refractivity contribution in [1.29, 1.82) is 0 Å². The molecule has 0 aliphatic carbocycles. The van der Waals surface area contributed by atoms with E-state index in [2.05, 4.69) is 10.4 Å². The predicted molar refractivity (Wildman–Crippen MR) is 70.9 cm³/mol. The topological polar surface area (TPSA) is 46.9 Å². The Labute approximate surface area is 110 Å². The number of thiophene rings is 1. The second kappa shape index (κ2) is 4.57. The summed E-state index contributed by atoms with van der Waals surface area (Å²) < 4.78 is 2.01. The van der Waals surface area contributed by atoms with Gasteiger partial charge in [0.2, 0.25) is 0 Å². The molecule has 1 aliphatic heterocycles. The van der Waals surface area contributed by atoms with E-state index >= 15 is 0 Å². The van der Waals surface area contributed by atoms with Crippen molar-refractivity contribution in [3.8, 4) is 0 Å². The van der Waals surface area contributed by atoms with Gasteiger partial charge in [0.15, 0.2) is 0 Å². The summed E-state index contributed by atoms with van der Waals surface area (Å²) in [4.78, 5) is 12.9. The van der Waals surface area contributed by atoms with Crippen LogP contribution in [0.4, 0.5) is 0 Å². The van der Waals surface area contributed by atoms with Gasteiger partial charge in [-0.05, 0) is 36.4 Å². The number of hydrogen-bond donors (Lipinski definition) is 1. The molecule has 0 saturated carbocycles. The molecule has 0 bridgehead atoms. The van der Waals surface area contributed by atoms with Crippen molar-refractivity contribution in [2.24, 2.45) is 0 Å². The summed E-state index contributed by atoms with van der Waals surface area (Å²) in [6.45, 7) is 2.89. The lowest BCUT2D eigenvalue weighted by molar-refractivity contribution is 0.0934. The average molecular weight is 261 g/mol. The first kappa shape index (κ1) is 11.5. The minimum atomic E-state index is 0.0473. The molecule has 0 radical (unpaired) electrons. The first-order valence-electron chi connectivity index (χ1n) is 6.09. The highest BCUT2D eigenvalue weighted by molar-refractivity contribution is 7.12. The SMILES string of the molecule is Cc1csc(C(=O)NC2CCn3nccc3C2)c1. The molecule has 0 aromatic carbocycles. The van der Waals surface area contributed by atoms with E-state index in [1.54, 1.807) is 0 Å². The number of nitrogens with one attached hydrogen (secondary N) is 1.